The Kier molecular flexibility index (Phi) is 3.61. The minimum atomic E-state index is -0.514. The molecule has 0 saturated carbocycles. The summed E-state index contributed by atoms with van der Waals surface area (Å²) in [5.74, 6) is -0.307. The van der Waals surface area contributed by atoms with Crippen molar-refractivity contribution in [2.24, 2.45) is 5.92 Å². The van der Waals surface area contributed by atoms with Gasteiger partial charge in [0.1, 0.15) is 11.9 Å². The van der Waals surface area contributed by atoms with Gasteiger partial charge in [-0.3, -0.25) is 4.79 Å². The molecule has 1 aromatic rings. The Balaban J connectivity index is 2.14. The number of piperidine rings is 1. The van der Waals surface area contributed by atoms with Crippen molar-refractivity contribution in [3.05, 3.63) is 35.1 Å². The van der Waals surface area contributed by atoms with E-state index in [4.69, 9.17) is 5.26 Å². The fourth-order valence-corrected chi connectivity index (χ4v) is 2.27. The number of hydrogen-bond donors (Lipinski definition) is 0. The molecule has 1 unspecified atom stereocenters. The van der Waals surface area contributed by atoms with E-state index < -0.39 is 5.82 Å². The van der Waals surface area contributed by atoms with Gasteiger partial charge in [-0.2, -0.15) is 5.26 Å². The highest BCUT2D eigenvalue weighted by molar-refractivity contribution is 5.79. The Morgan fingerprint density at radius 1 is 1.56 bits per heavy atom. The smallest absolute Gasteiger partial charge is 0.225 e. The van der Waals surface area contributed by atoms with Crippen LogP contribution in [0.2, 0.25) is 0 Å². The van der Waals surface area contributed by atoms with Crippen LogP contribution in [0.5, 0.6) is 0 Å². The molecule has 18 heavy (non-hydrogen) atoms. The van der Waals surface area contributed by atoms with Gasteiger partial charge in [-0.15, -0.1) is 0 Å². The number of carbonyl (C=O) groups is 1. The number of amides is 1. The number of nitrogens with zero attached hydrogens (tertiary/aromatic N) is 2. The summed E-state index contributed by atoms with van der Waals surface area (Å²) in [7, 11) is 0. The number of halogens is 1. The Morgan fingerprint density at radius 3 is 3.06 bits per heavy atom. The first kappa shape index (κ1) is 12.6. The monoisotopic (exact) mass is 246 g/mol. The fourth-order valence-electron chi connectivity index (χ4n) is 2.27. The third-order valence-electron chi connectivity index (χ3n) is 3.32. The predicted octanol–water partition coefficient (Wildman–Crippen LogP) is 2.46. The third kappa shape index (κ3) is 2.51. The Hall–Kier alpha value is -1.89. The summed E-state index contributed by atoms with van der Waals surface area (Å²) in [6.07, 6.45) is 1.93. The lowest BCUT2D eigenvalue weighted by molar-refractivity contribution is -0.138. The van der Waals surface area contributed by atoms with Crippen molar-refractivity contribution in [3.63, 3.8) is 0 Å². The molecule has 1 atom stereocenters. The van der Waals surface area contributed by atoms with Crippen LogP contribution in [0.25, 0.3) is 0 Å². The average molecular weight is 246 g/mol. The molecule has 94 valence electrons. The van der Waals surface area contributed by atoms with E-state index in [1.807, 2.05) is 13.0 Å². The highest BCUT2D eigenvalue weighted by Crippen LogP contribution is 2.20. The van der Waals surface area contributed by atoms with E-state index >= 15 is 0 Å². The number of likely N-dealkylation sites (tertiary alicyclic amines) is 1. The summed E-state index contributed by atoms with van der Waals surface area (Å²) < 4.78 is 13.2. The molecule has 1 aliphatic heterocycles. The van der Waals surface area contributed by atoms with Crippen LogP contribution < -0.4 is 0 Å². The van der Waals surface area contributed by atoms with Crippen molar-refractivity contribution >= 4 is 5.91 Å². The van der Waals surface area contributed by atoms with Crippen LogP contribution in [0.4, 0.5) is 4.39 Å². The molecule has 0 aromatic heterocycles. The maximum atomic E-state index is 13.2. The van der Waals surface area contributed by atoms with E-state index in [-0.39, 0.29) is 17.4 Å². The second kappa shape index (κ2) is 5.18. The molecule has 1 heterocycles. The maximum Gasteiger partial charge on any atom is 0.225 e. The van der Waals surface area contributed by atoms with E-state index in [9.17, 15) is 9.18 Å². The lowest BCUT2D eigenvalue weighted by Gasteiger charge is -2.30. The molecule has 0 aliphatic carbocycles. The van der Waals surface area contributed by atoms with E-state index in [2.05, 4.69) is 0 Å². The number of nitriles is 1. The highest BCUT2D eigenvalue weighted by atomic mass is 19.1. The lowest BCUT2D eigenvalue weighted by atomic mass is 9.98. The van der Waals surface area contributed by atoms with Gasteiger partial charge in [-0.1, -0.05) is 13.0 Å². The largest absolute Gasteiger partial charge is 0.338 e. The van der Waals surface area contributed by atoms with E-state index in [1.165, 1.54) is 12.1 Å². The molecule has 4 heteroatoms. The van der Waals surface area contributed by atoms with E-state index in [1.54, 1.807) is 11.0 Å². The minimum Gasteiger partial charge on any atom is -0.338 e. The molecule has 0 spiro atoms. The van der Waals surface area contributed by atoms with Crippen LogP contribution in [-0.4, -0.2) is 17.4 Å². The van der Waals surface area contributed by atoms with E-state index in [0.29, 0.717) is 6.54 Å². The first-order valence-electron chi connectivity index (χ1n) is 6.09. The highest BCUT2D eigenvalue weighted by Gasteiger charge is 2.24. The normalized spacial score (nSPS) is 19.7. The zero-order chi connectivity index (χ0) is 13.1. The van der Waals surface area contributed by atoms with Gasteiger partial charge in [0, 0.05) is 19.0 Å². The molecule has 1 saturated heterocycles. The SMILES string of the molecule is CC1CCCN(Cc2ccc(F)c(C#N)c2)C1=O. The van der Waals surface area contributed by atoms with Gasteiger partial charge >= 0.3 is 0 Å². The Bertz CT molecular complexity index is 507. The van der Waals surface area contributed by atoms with Crippen LogP contribution in [0, 0.1) is 23.1 Å². The summed E-state index contributed by atoms with van der Waals surface area (Å²) in [6.45, 7) is 3.13. The van der Waals surface area contributed by atoms with Crippen LogP contribution in [0.3, 0.4) is 0 Å². The molecule has 1 aliphatic rings. The number of benzene rings is 1. The first-order valence-corrected chi connectivity index (χ1v) is 6.09. The van der Waals surface area contributed by atoms with E-state index in [0.717, 1.165) is 24.9 Å². The molecule has 1 aromatic carbocycles. The average Bonchev–Trinajstić information content (AvgIpc) is 2.37. The quantitative estimate of drug-likeness (QED) is 0.804. The van der Waals surface area contributed by atoms with Crippen molar-refractivity contribution in [2.75, 3.05) is 6.54 Å². The Morgan fingerprint density at radius 2 is 2.33 bits per heavy atom. The topological polar surface area (TPSA) is 44.1 Å². The van der Waals surface area contributed by atoms with Gasteiger partial charge < -0.3 is 4.90 Å². The second-order valence-corrected chi connectivity index (χ2v) is 4.73. The summed E-state index contributed by atoms with van der Waals surface area (Å²) in [6, 6.07) is 6.24. The zero-order valence-corrected chi connectivity index (χ0v) is 10.3. The zero-order valence-electron chi connectivity index (χ0n) is 10.3. The van der Waals surface area contributed by atoms with Crippen LogP contribution in [-0.2, 0) is 11.3 Å². The molecule has 1 amide bonds. The molecule has 1 fully saturated rings. The number of hydrogen-bond acceptors (Lipinski definition) is 2. The minimum absolute atomic E-state index is 0.0324. The van der Waals surface area contributed by atoms with Crippen molar-refractivity contribution in [2.45, 2.75) is 26.3 Å². The lowest BCUT2D eigenvalue weighted by Crippen LogP contribution is -2.39. The third-order valence-corrected chi connectivity index (χ3v) is 3.32. The standard InChI is InChI=1S/C14H15FN2O/c1-10-3-2-6-17(14(10)18)9-11-4-5-13(15)12(7-11)8-16/h4-5,7,10H,2-3,6,9H2,1H3. The van der Waals surface area contributed by atoms with Gasteiger partial charge in [0.05, 0.1) is 5.56 Å². The van der Waals surface area contributed by atoms with Gasteiger partial charge in [-0.25, -0.2) is 4.39 Å². The van der Waals surface area contributed by atoms with Gasteiger partial charge in [-0.05, 0) is 30.5 Å². The van der Waals surface area contributed by atoms with Gasteiger partial charge in [0.25, 0.3) is 0 Å². The van der Waals surface area contributed by atoms with Crippen molar-refractivity contribution in [1.29, 1.82) is 5.26 Å². The van der Waals surface area contributed by atoms with Crippen LogP contribution in [0.15, 0.2) is 18.2 Å². The first-order chi connectivity index (χ1) is 8.61. The van der Waals surface area contributed by atoms with Crippen LogP contribution in [0.1, 0.15) is 30.9 Å². The molecule has 0 bridgehead atoms. The fraction of sp³-hybridized carbons (Fsp3) is 0.429. The summed E-state index contributed by atoms with van der Waals surface area (Å²) in [4.78, 5) is 13.7. The summed E-state index contributed by atoms with van der Waals surface area (Å²) >= 11 is 0. The van der Waals surface area contributed by atoms with Gasteiger partial charge in [0.15, 0.2) is 0 Å². The van der Waals surface area contributed by atoms with Crippen molar-refractivity contribution in [3.8, 4) is 6.07 Å². The summed E-state index contributed by atoms with van der Waals surface area (Å²) in [5.41, 5.74) is 0.834. The number of carbonyl (C=O) groups excluding carboxylic acids is 1. The van der Waals surface area contributed by atoms with Crippen molar-refractivity contribution in [1.82, 2.24) is 4.90 Å². The second-order valence-electron chi connectivity index (χ2n) is 4.73. The molecule has 0 N–H and O–H groups in total. The molecular weight excluding hydrogens is 231 g/mol. The van der Waals surface area contributed by atoms with Gasteiger partial charge in [0.2, 0.25) is 5.91 Å². The molecule has 0 radical (unpaired) electrons. The number of rotatable bonds is 2. The van der Waals surface area contributed by atoms with Crippen molar-refractivity contribution < 1.29 is 9.18 Å². The van der Waals surface area contributed by atoms with Crippen LogP contribution >= 0.6 is 0 Å². The maximum absolute atomic E-state index is 13.2. The molecule has 3 nitrogen and oxygen atoms in total. The molecule has 2 rings (SSSR count). The summed E-state index contributed by atoms with van der Waals surface area (Å²) in [5, 5.41) is 8.77. The predicted molar refractivity (Wildman–Crippen MR) is 64.9 cm³/mol. The molecular formula is C14H15FN2O. The Labute approximate surface area is 106 Å².